The Hall–Kier alpha value is -5.49. The second-order valence-electron chi connectivity index (χ2n) is 17.9. The first-order chi connectivity index (χ1) is 33.1. The molecule has 3 aromatic carbocycles. The second-order valence-corrected chi connectivity index (χ2v) is 18.8. The Kier molecular flexibility index (Phi) is 18.7. The number of unbranched alkanes of at least 4 members (excludes halogenated alkanes) is 1. The number of nitrogens with one attached hydrogen (secondary N) is 5. The van der Waals surface area contributed by atoms with Crippen molar-refractivity contribution in [2.75, 3.05) is 71.0 Å². The third-order valence-corrected chi connectivity index (χ3v) is 14.2. The van der Waals surface area contributed by atoms with E-state index in [4.69, 9.17) is 9.47 Å². The molecule has 0 unspecified atom stereocenters. The molecule has 17 heteroatoms. The highest BCUT2D eigenvalue weighted by atomic mass is 32.1. The lowest BCUT2D eigenvalue weighted by molar-refractivity contribution is -0.142. The molecule has 4 amide bonds. The predicted octanol–water partition coefficient (Wildman–Crippen LogP) is 5.77. The van der Waals surface area contributed by atoms with Crippen LogP contribution in [0.15, 0.2) is 78.2 Å². The van der Waals surface area contributed by atoms with Gasteiger partial charge in [-0.2, -0.15) is 4.39 Å². The number of hydrogen-bond donors (Lipinski definition) is 5. The largest absolute Gasteiger partial charge is 0.480 e. The third-order valence-electron chi connectivity index (χ3n) is 13.3. The van der Waals surface area contributed by atoms with Gasteiger partial charge in [-0.1, -0.05) is 79.9 Å². The summed E-state index contributed by atoms with van der Waals surface area (Å²) in [7, 11) is 1.90. The van der Waals surface area contributed by atoms with E-state index in [2.05, 4.69) is 43.4 Å². The van der Waals surface area contributed by atoms with E-state index in [1.165, 1.54) is 17.4 Å². The molecule has 1 saturated carbocycles. The van der Waals surface area contributed by atoms with Gasteiger partial charge >= 0.3 is 0 Å². The molecule has 4 aromatic rings. The van der Waals surface area contributed by atoms with Crippen molar-refractivity contribution in [2.24, 2.45) is 5.92 Å². The standard InChI is InChI=1S/C51H66F2N8O6S/c1-34(54-2)31-57-45(37-19-10-5-11-20-37)50(65)61-26-14-21-41(61)48(63)59-46(43(35-15-6-3-7-16-35)36-17-8-4-9-18-36)49(64)56-25-13-12-24-55-42(62)32-67-47-38(22-23-39(52)44(47)53)40-33-68-51(58-40)60-27-29-66-30-28-60/h3-4,6-9,15-18,22-23,33-34,37,41,43,45-46,54,57H,5,10-14,19-21,24-32H2,1-2H3,(H,55,62)(H,56,64)(H,59,63)/t34-,41-,45-,46-/m0/s1. The lowest BCUT2D eigenvalue weighted by atomic mass is 9.83. The number of anilines is 1. The number of hydrogen-bond acceptors (Lipinski definition) is 11. The average Bonchev–Trinajstić information content (AvgIpc) is 4.08. The number of amides is 4. The molecular formula is C51H66F2N8O6S. The molecule has 366 valence electrons. The summed E-state index contributed by atoms with van der Waals surface area (Å²) in [5, 5.41) is 18.2. The van der Waals surface area contributed by atoms with Crippen LogP contribution in [0.1, 0.15) is 81.8 Å². The summed E-state index contributed by atoms with van der Waals surface area (Å²) in [6, 6.07) is 19.6. The number of benzene rings is 3. The van der Waals surface area contributed by atoms with Crippen molar-refractivity contribution in [3.63, 3.8) is 0 Å². The minimum atomic E-state index is -1.21. The van der Waals surface area contributed by atoms with Crippen LogP contribution >= 0.6 is 11.3 Å². The quantitative estimate of drug-likeness (QED) is 0.0611. The van der Waals surface area contributed by atoms with Crippen molar-refractivity contribution in [2.45, 2.75) is 94.8 Å². The number of ether oxygens (including phenoxy) is 2. The van der Waals surface area contributed by atoms with Crippen LogP contribution in [0.2, 0.25) is 0 Å². The van der Waals surface area contributed by atoms with E-state index < -0.39 is 53.9 Å². The molecule has 0 bridgehead atoms. The van der Waals surface area contributed by atoms with Gasteiger partial charge in [0.05, 0.1) is 24.9 Å². The predicted molar refractivity (Wildman–Crippen MR) is 260 cm³/mol. The Morgan fingerprint density at radius 1 is 0.853 bits per heavy atom. The van der Waals surface area contributed by atoms with Gasteiger partial charge in [-0.05, 0) is 81.7 Å². The van der Waals surface area contributed by atoms with E-state index in [1.807, 2.05) is 67.7 Å². The summed E-state index contributed by atoms with van der Waals surface area (Å²) in [5.41, 5.74) is 2.33. The van der Waals surface area contributed by atoms with Crippen LogP contribution in [-0.2, 0) is 23.9 Å². The minimum absolute atomic E-state index is 0.0556. The molecule has 2 saturated heterocycles. The van der Waals surface area contributed by atoms with Gasteiger partial charge in [0.2, 0.25) is 23.5 Å². The number of aromatic nitrogens is 1. The van der Waals surface area contributed by atoms with Gasteiger partial charge in [-0.3, -0.25) is 19.2 Å². The highest BCUT2D eigenvalue weighted by molar-refractivity contribution is 7.14. The van der Waals surface area contributed by atoms with Crippen molar-refractivity contribution in [3.8, 4) is 17.0 Å². The zero-order valence-corrected chi connectivity index (χ0v) is 40.0. The van der Waals surface area contributed by atoms with Crippen molar-refractivity contribution in [3.05, 3.63) is 101 Å². The first-order valence-corrected chi connectivity index (χ1v) is 25.1. The summed E-state index contributed by atoms with van der Waals surface area (Å²) in [6.45, 7) is 5.58. The van der Waals surface area contributed by atoms with Crippen LogP contribution < -0.4 is 36.2 Å². The minimum Gasteiger partial charge on any atom is -0.480 e. The van der Waals surface area contributed by atoms with Crippen molar-refractivity contribution < 1.29 is 37.4 Å². The number of thiazole rings is 1. The Morgan fingerprint density at radius 2 is 1.53 bits per heavy atom. The van der Waals surface area contributed by atoms with Crippen molar-refractivity contribution in [1.82, 2.24) is 36.5 Å². The number of morpholine rings is 1. The van der Waals surface area contributed by atoms with E-state index in [9.17, 15) is 23.6 Å². The highest BCUT2D eigenvalue weighted by Crippen LogP contribution is 2.37. The summed E-state index contributed by atoms with van der Waals surface area (Å²) in [6.07, 6.45) is 7.39. The van der Waals surface area contributed by atoms with Gasteiger partial charge in [0.1, 0.15) is 12.1 Å². The van der Waals surface area contributed by atoms with Gasteiger partial charge in [-0.15, -0.1) is 11.3 Å². The first-order valence-electron chi connectivity index (χ1n) is 24.2. The average molecular weight is 957 g/mol. The van der Waals surface area contributed by atoms with E-state index in [0.717, 1.165) is 54.4 Å². The lowest BCUT2D eigenvalue weighted by Crippen LogP contribution is -2.58. The van der Waals surface area contributed by atoms with E-state index in [-0.39, 0.29) is 48.3 Å². The molecular weight excluding hydrogens is 891 g/mol. The van der Waals surface area contributed by atoms with Gasteiger partial charge in [0.25, 0.3) is 5.91 Å². The zero-order valence-electron chi connectivity index (χ0n) is 39.2. The zero-order chi connectivity index (χ0) is 47.8. The summed E-state index contributed by atoms with van der Waals surface area (Å²) in [5.74, 6) is -4.38. The second kappa shape index (κ2) is 25.2. The molecule has 2 aliphatic heterocycles. The molecule has 4 atom stereocenters. The number of rotatable bonds is 22. The van der Waals surface area contributed by atoms with Crippen LogP contribution in [0.5, 0.6) is 5.75 Å². The van der Waals surface area contributed by atoms with Crippen LogP contribution in [-0.4, -0.2) is 124 Å². The van der Waals surface area contributed by atoms with Crippen LogP contribution in [0.3, 0.4) is 0 Å². The van der Waals surface area contributed by atoms with E-state index in [0.29, 0.717) is 70.8 Å². The molecule has 1 aliphatic carbocycles. The molecule has 7 rings (SSSR count). The Bertz CT molecular complexity index is 2220. The molecule has 3 fully saturated rings. The first kappa shape index (κ1) is 50.4. The number of carbonyl (C=O) groups is 4. The lowest BCUT2D eigenvalue weighted by Gasteiger charge is -2.36. The van der Waals surface area contributed by atoms with Gasteiger partial charge in [0, 0.05) is 62.2 Å². The molecule has 3 aliphatic rings. The van der Waals surface area contributed by atoms with Crippen LogP contribution in [0.25, 0.3) is 11.3 Å². The monoisotopic (exact) mass is 956 g/mol. The molecule has 5 N–H and O–H groups in total. The number of likely N-dealkylation sites (tertiary alicyclic amines) is 1. The topological polar surface area (TPSA) is 166 Å². The maximum atomic E-state index is 15.1. The third kappa shape index (κ3) is 13.2. The smallest absolute Gasteiger partial charge is 0.257 e. The molecule has 14 nitrogen and oxygen atoms in total. The molecule has 3 heterocycles. The van der Waals surface area contributed by atoms with E-state index in [1.54, 1.807) is 10.3 Å². The summed E-state index contributed by atoms with van der Waals surface area (Å²) in [4.78, 5) is 64.8. The number of nitrogens with zero attached hydrogens (tertiary/aromatic N) is 3. The van der Waals surface area contributed by atoms with Crippen molar-refractivity contribution in [1.29, 1.82) is 0 Å². The fourth-order valence-corrected chi connectivity index (χ4v) is 10.3. The summed E-state index contributed by atoms with van der Waals surface area (Å²) < 4.78 is 40.5. The van der Waals surface area contributed by atoms with Gasteiger partial charge < -0.3 is 45.9 Å². The Balaban J connectivity index is 0.970. The van der Waals surface area contributed by atoms with Crippen LogP contribution in [0, 0.1) is 17.6 Å². The van der Waals surface area contributed by atoms with Gasteiger partial charge in [0.15, 0.2) is 23.3 Å². The Labute approximate surface area is 402 Å². The van der Waals surface area contributed by atoms with Gasteiger partial charge in [-0.25, -0.2) is 9.37 Å². The van der Waals surface area contributed by atoms with Crippen molar-refractivity contribution >= 4 is 40.1 Å². The molecule has 1 aromatic heterocycles. The number of carbonyl (C=O) groups excluding carboxylic acids is 4. The summed E-state index contributed by atoms with van der Waals surface area (Å²) >= 11 is 1.38. The van der Waals surface area contributed by atoms with E-state index >= 15 is 4.39 Å². The van der Waals surface area contributed by atoms with Crippen LogP contribution in [0.4, 0.5) is 13.9 Å². The SMILES string of the molecule is CN[C@@H](C)CN[C@H](C(=O)N1CCC[C@H]1C(=O)N[C@H](C(=O)NCCCCNC(=O)COc1c(-c2csc(N3CCOCC3)n2)ccc(F)c1F)C(c1ccccc1)c1ccccc1)C1CCCCC1. The maximum absolute atomic E-state index is 15.1. The molecule has 0 spiro atoms. The molecule has 68 heavy (non-hydrogen) atoms. The maximum Gasteiger partial charge on any atom is 0.257 e. The number of likely N-dealkylation sites (N-methyl/N-ethyl adjacent to an activating group) is 1. The Morgan fingerprint density at radius 3 is 2.21 bits per heavy atom. The molecule has 0 radical (unpaired) electrons. The fraction of sp³-hybridized carbons (Fsp3) is 0.510. The normalized spacial score (nSPS) is 17.9. The fourth-order valence-electron chi connectivity index (χ4n) is 9.41. The number of halogens is 2. The highest BCUT2D eigenvalue weighted by Gasteiger charge is 2.42.